The highest BCUT2D eigenvalue weighted by atomic mass is 33.1. The van der Waals surface area contributed by atoms with Crippen molar-refractivity contribution in [3.05, 3.63) is 29.8 Å². The molecule has 0 amide bonds. The quantitative estimate of drug-likeness (QED) is 0.538. The van der Waals surface area contributed by atoms with Crippen LogP contribution in [0, 0.1) is 0 Å². The first kappa shape index (κ1) is 8.56. The maximum atomic E-state index is 5.72. The summed E-state index contributed by atoms with van der Waals surface area (Å²) in [5, 5.41) is 0. The molecule has 2 aliphatic heterocycles. The summed E-state index contributed by atoms with van der Waals surface area (Å²) in [6.45, 7) is 2.07. The van der Waals surface area contributed by atoms with Crippen LogP contribution >= 0.6 is 20.6 Å². The molecule has 1 unspecified atom stereocenters. The molecule has 2 aliphatic rings. The summed E-state index contributed by atoms with van der Waals surface area (Å²) >= 11 is 0. The molecule has 1 aromatic rings. The van der Waals surface area contributed by atoms with Gasteiger partial charge in [0.05, 0.1) is 9.80 Å². The first-order valence-corrected chi connectivity index (χ1v) is 7.01. The second-order valence-corrected chi connectivity index (χ2v) is 6.10. The van der Waals surface area contributed by atoms with E-state index in [9.17, 15) is 0 Å². The third-order valence-electron chi connectivity index (χ3n) is 2.14. The lowest BCUT2D eigenvalue weighted by molar-refractivity contribution is 0.639. The molecule has 1 aromatic carbocycles. The lowest BCUT2D eigenvalue weighted by Crippen LogP contribution is -1.96. The first-order valence-electron chi connectivity index (χ1n) is 4.53. The highest BCUT2D eigenvalue weighted by Crippen LogP contribution is 2.51. The topological polar surface area (TPSA) is 21.6 Å². The Labute approximate surface area is 88.9 Å². The molecule has 0 spiro atoms. The van der Waals surface area contributed by atoms with Crippen LogP contribution in [0.5, 0.6) is 0 Å². The van der Waals surface area contributed by atoms with Gasteiger partial charge < -0.3 is 4.18 Å². The molecule has 0 N–H and O–H groups in total. The Morgan fingerprint density at radius 3 is 3.14 bits per heavy atom. The van der Waals surface area contributed by atoms with Crippen LogP contribution in [0.25, 0.3) is 0 Å². The van der Waals surface area contributed by atoms with E-state index >= 15 is 0 Å². The number of hydrogen-bond donors (Lipinski definition) is 0. The van der Waals surface area contributed by atoms with E-state index in [0.717, 1.165) is 17.3 Å². The Morgan fingerprint density at radius 1 is 1.43 bits per heavy atom. The summed E-state index contributed by atoms with van der Waals surface area (Å²) in [5.41, 5.74) is 1.25. The molecule has 4 heteroatoms. The van der Waals surface area contributed by atoms with Gasteiger partial charge in [0.15, 0.2) is 0 Å². The van der Waals surface area contributed by atoms with Crippen LogP contribution in [0.1, 0.15) is 18.9 Å². The third kappa shape index (κ3) is 1.14. The first-order chi connectivity index (χ1) is 6.88. The Bertz CT molecular complexity index is 465. The fourth-order valence-electron chi connectivity index (χ4n) is 1.44. The predicted molar refractivity (Wildman–Crippen MR) is 62.8 cm³/mol. The van der Waals surface area contributed by atoms with Gasteiger partial charge in [-0.3, -0.25) is 0 Å². The van der Waals surface area contributed by atoms with Gasteiger partial charge in [0, 0.05) is 16.9 Å². The maximum absolute atomic E-state index is 5.72. The van der Waals surface area contributed by atoms with E-state index < -0.39 is 0 Å². The van der Waals surface area contributed by atoms with Crippen molar-refractivity contribution in [1.29, 1.82) is 0 Å². The highest BCUT2D eigenvalue weighted by Gasteiger charge is 2.28. The van der Waals surface area contributed by atoms with Crippen LogP contribution in [0.4, 0.5) is 0 Å². The van der Waals surface area contributed by atoms with Crippen molar-refractivity contribution in [2.24, 2.45) is 4.99 Å². The summed E-state index contributed by atoms with van der Waals surface area (Å²) in [6.07, 6.45) is 0.885. The molecule has 0 aliphatic carbocycles. The van der Waals surface area contributed by atoms with Gasteiger partial charge in [-0.15, -0.1) is 0 Å². The summed E-state index contributed by atoms with van der Waals surface area (Å²) in [7, 11) is 1.62. The molecule has 0 radical (unpaired) electrons. The summed E-state index contributed by atoms with van der Waals surface area (Å²) in [6, 6.07) is 8.36. The summed E-state index contributed by atoms with van der Waals surface area (Å²) in [5.74, 6) is 0.880. The van der Waals surface area contributed by atoms with Gasteiger partial charge in [-0.2, -0.15) is 0 Å². The third-order valence-corrected chi connectivity index (χ3v) is 5.47. The molecule has 3 rings (SSSR count). The number of nitrogens with zero attached hydrogens (tertiary/aromatic N) is 1. The van der Waals surface area contributed by atoms with Gasteiger partial charge in [-0.25, -0.2) is 4.99 Å². The van der Waals surface area contributed by atoms with Crippen LogP contribution in [0.15, 0.2) is 34.2 Å². The summed E-state index contributed by atoms with van der Waals surface area (Å²) in [4.78, 5) is 6.94. The van der Waals surface area contributed by atoms with E-state index in [0.29, 0.717) is 0 Å². The molecule has 1 atom stereocenters. The predicted octanol–water partition coefficient (Wildman–Crippen LogP) is 3.21. The number of fused-ring (bicyclic) bond motifs is 2. The maximum Gasteiger partial charge on any atom is 0.205 e. The Morgan fingerprint density at radius 2 is 2.29 bits per heavy atom. The van der Waals surface area contributed by atoms with Crippen LogP contribution in [-0.2, 0) is 4.18 Å². The average molecular weight is 223 g/mol. The zero-order valence-corrected chi connectivity index (χ0v) is 9.32. The lowest BCUT2D eigenvalue weighted by atomic mass is 10.2. The van der Waals surface area contributed by atoms with Gasteiger partial charge in [0.25, 0.3) is 0 Å². The molecule has 0 saturated carbocycles. The van der Waals surface area contributed by atoms with E-state index in [1.54, 1.807) is 10.8 Å². The van der Waals surface area contributed by atoms with Crippen molar-refractivity contribution < 1.29 is 4.18 Å². The normalized spacial score (nSPS) is 22.8. The highest BCUT2D eigenvalue weighted by molar-refractivity contribution is 8.82. The Kier molecular flexibility index (Phi) is 1.92. The van der Waals surface area contributed by atoms with Gasteiger partial charge in [0.1, 0.15) is 4.99 Å². The molecular weight excluding hydrogens is 214 g/mol. The Hall–Kier alpha value is -0.740. The van der Waals surface area contributed by atoms with Crippen molar-refractivity contribution in [3.63, 3.8) is 0 Å². The minimum Gasteiger partial charge on any atom is -0.406 e. The molecule has 14 heavy (non-hydrogen) atoms. The minimum atomic E-state index is -0.165. The molecule has 0 fully saturated rings. The monoisotopic (exact) mass is 223 g/mol. The second kappa shape index (κ2) is 3.14. The van der Waals surface area contributed by atoms with Gasteiger partial charge in [-0.1, -0.05) is 25.1 Å². The zero-order chi connectivity index (χ0) is 9.54. The fraction of sp³-hybridized carbons (Fsp3) is 0.200. The number of aliphatic imine (C=N–C) groups is 1. The van der Waals surface area contributed by atoms with E-state index in [-0.39, 0.29) is 9.80 Å². The smallest absolute Gasteiger partial charge is 0.205 e. The number of hydrogen-bond acceptors (Lipinski definition) is 3. The molecule has 0 bridgehead atoms. The van der Waals surface area contributed by atoms with Crippen LogP contribution in [0.2, 0.25) is 0 Å². The molecule has 2 heterocycles. The molecular formula is C10H9NOS2. The van der Waals surface area contributed by atoms with Gasteiger partial charge >= 0.3 is 0 Å². The van der Waals surface area contributed by atoms with Crippen LogP contribution in [0.3, 0.4) is 0 Å². The number of rotatable bonds is 1. The van der Waals surface area contributed by atoms with Crippen molar-refractivity contribution >= 4 is 31.5 Å². The second-order valence-electron chi connectivity index (χ2n) is 3.06. The van der Waals surface area contributed by atoms with Crippen molar-refractivity contribution in [2.75, 3.05) is 0 Å². The van der Waals surface area contributed by atoms with Crippen molar-refractivity contribution in [2.45, 2.75) is 18.2 Å². The van der Waals surface area contributed by atoms with Crippen molar-refractivity contribution in [1.82, 2.24) is 0 Å². The van der Waals surface area contributed by atoms with Gasteiger partial charge in [0.2, 0.25) is 5.90 Å². The molecule has 0 aromatic heterocycles. The Balaban J connectivity index is 2.08. The summed E-state index contributed by atoms with van der Waals surface area (Å²) < 4.78 is 5.72. The van der Waals surface area contributed by atoms with Crippen molar-refractivity contribution in [3.8, 4) is 0 Å². The fourth-order valence-corrected chi connectivity index (χ4v) is 4.99. The van der Waals surface area contributed by atoms with Crippen LogP contribution in [-0.4, -0.2) is 10.9 Å². The molecule has 2 nitrogen and oxygen atoms in total. The largest absolute Gasteiger partial charge is 0.406 e. The molecule has 72 valence electrons. The molecule has 0 saturated heterocycles. The standard InChI is InChI=1S/C10H9NOS2/c1-2-9-11-10-7-5-3-4-6-8(7)13-14(10)12-9/h3-6H,2H2,1H3. The van der Waals surface area contributed by atoms with E-state index in [2.05, 4.69) is 36.2 Å². The zero-order valence-electron chi connectivity index (χ0n) is 7.69. The lowest BCUT2D eigenvalue weighted by Gasteiger charge is -2.02. The van der Waals surface area contributed by atoms with E-state index in [4.69, 9.17) is 4.18 Å². The number of benzene rings is 1. The van der Waals surface area contributed by atoms with Gasteiger partial charge in [-0.05, 0) is 16.9 Å². The SMILES string of the molecule is CCC1=NC2=S(O1)Sc1ccccc12. The van der Waals surface area contributed by atoms with E-state index in [1.807, 2.05) is 0 Å². The van der Waals surface area contributed by atoms with E-state index in [1.165, 1.54) is 10.5 Å². The van der Waals surface area contributed by atoms with Crippen LogP contribution < -0.4 is 0 Å². The average Bonchev–Trinajstić information content (AvgIpc) is 2.73. The minimum absolute atomic E-state index is 0.165.